The predicted octanol–water partition coefficient (Wildman–Crippen LogP) is 4.54. The number of benzene rings is 2. The van der Waals surface area contributed by atoms with Crippen LogP contribution in [0.15, 0.2) is 47.4 Å². The maximum Gasteiger partial charge on any atom is 0.293 e. The molecule has 2 aromatic carbocycles. The van der Waals surface area contributed by atoms with E-state index in [-0.39, 0.29) is 14.9 Å². The average Bonchev–Trinajstić information content (AvgIpc) is 2.47. The number of nitro groups is 1. The van der Waals surface area contributed by atoms with E-state index in [1.54, 1.807) is 34.4 Å². The standard InChI is InChI=1S/C14H12FIN2O2S/c15-11-8-13(14(18(19)20)9-12(11)16)17-6-7-21-10-4-2-1-3-5-10/h1-5,8-9,17H,6-7H2. The SMILES string of the molecule is O=[N+]([O-])c1cc(I)c(F)cc1NCCSc1ccccc1. The normalized spacial score (nSPS) is 10.4. The first kappa shape index (κ1) is 16.0. The lowest BCUT2D eigenvalue weighted by molar-refractivity contribution is -0.384. The summed E-state index contributed by atoms with van der Waals surface area (Å²) in [7, 11) is 0. The van der Waals surface area contributed by atoms with Crippen LogP contribution in [0.3, 0.4) is 0 Å². The minimum Gasteiger partial charge on any atom is -0.379 e. The quantitative estimate of drug-likeness (QED) is 0.246. The summed E-state index contributed by atoms with van der Waals surface area (Å²) in [5, 5.41) is 13.9. The highest BCUT2D eigenvalue weighted by Crippen LogP contribution is 2.28. The van der Waals surface area contributed by atoms with Gasteiger partial charge in [0.05, 0.1) is 8.49 Å². The highest BCUT2D eigenvalue weighted by atomic mass is 127. The maximum absolute atomic E-state index is 13.5. The molecule has 0 saturated heterocycles. The molecule has 0 aliphatic heterocycles. The van der Waals surface area contributed by atoms with E-state index in [1.807, 2.05) is 30.3 Å². The van der Waals surface area contributed by atoms with Gasteiger partial charge in [-0.05, 0) is 34.7 Å². The molecule has 0 heterocycles. The lowest BCUT2D eigenvalue weighted by Crippen LogP contribution is -2.07. The fourth-order valence-corrected chi connectivity index (χ4v) is 2.94. The van der Waals surface area contributed by atoms with Gasteiger partial charge in [-0.25, -0.2) is 4.39 Å². The van der Waals surface area contributed by atoms with Gasteiger partial charge in [0.25, 0.3) is 5.69 Å². The highest BCUT2D eigenvalue weighted by molar-refractivity contribution is 14.1. The van der Waals surface area contributed by atoms with E-state index in [1.165, 1.54) is 12.1 Å². The monoisotopic (exact) mass is 418 g/mol. The van der Waals surface area contributed by atoms with Crippen LogP contribution < -0.4 is 5.32 Å². The van der Waals surface area contributed by atoms with Crippen molar-refractivity contribution in [1.82, 2.24) is 0 Å². The van der Waals surface area contributed by atoms with Crippen molar-refractivity contribution in [3.63, 3.8) is 0 Å². The summed E-state index contributed by atoms with van der Waals surface area (Å²) in [4.78, 5) is 11.6. The second-order valence-corrected chi connectivity index (χ2v) is 6.46. The predicted molar refractivity (Wildman–Crippen MR) is 91.4 cm³/mol. The molecule has 0 aliphatic rings. The molecule has 110 valence electrons. The van der Waals surface area contributed by atoms with Crippen LogP contribution in [0.25, 0.3) is 0 Å². The number of nitro benzene ring substituents is 1. The molecule has 7 heteroatoms. The van der Waals surface area contributed by atoms with Crippen molar-refractivity contribution in [3.05, 3.63) is 62.0 Å². The summed E-state index contributed by atoms with van der Waals surface area (Å²) in [6.45, 7) is 0.514. The summed E-state index contributed by atoms with van der Waals surface area (Å²) < 4.78 is 13.8. The Hall–Kier alpha value is -1.35. The van der Waals surface area contributed by atoms with E-state index in [4.69, 9.17) is 0 Å². The van der Waals surface area contributed by atoms with Gasteiger partial charge in [0.1, 0.15) is 11.5 Å². The van der Waals surface area contributed by atoms with E-state index < -0.39 is 10.7 Å². The van der Waals surface area contributed by atoms with Crippen LogP contribution in [0.1, 0.15) is 0 Å². The Morgan fingerprint density at radius 3 is 2.67 bits per heavy atom. The third-order valence-electron chi connectivity index (χ3n) is 2.66. The number of hydrogen-bond donors (Lipinski definition) is 1. The van der Waals surface area contributed by atoms with Crippen molar-refractivity contribution in [3.8, 4) is 0 Å². The van der Waals surface area contributed by atoms with Gasteiger partial charge < -0.3 is 5.32 Å². The summed E-state index contributed by atoms with van der Waals surface area (Å²) in [5.41, 5.74) is 0.108. The Kier molecular flexibility index (Phi) is 5.80. The van der Waals surface area contributed by atoms with Crippen molar-refractivity contribution in [1.29, 1.82) is 0 Å². The summed E-state index contributed by atoms with van der Waals surface area (Å²) >= 11 is 3.38. The molecule has 0 saturated carbocycles. The largest absolute Gasteiger partial charge is 0.379 e. The third kappa shape index (κ3) is 4.57. The zero-order valence-electron chi connectivity index (χ0n) is 10.9. The molecule has 0 radical (unpaired) electrons. The molecule has 0 atom stereocenters. The van der Waals surface area contributed by atoms with Crippen molar-refractivity contribution < 1.29 is 9.31 Å². The fraction of sp³-hybridized carbons (Fsp3) is 0.143. The topological polar surface area (TPSA) is 55.2 Å². The molecule has 0 unspecified atom stereocenters. The second-order valence-electron chi connectivity index (χ2n) is 4.13. The lowest BCUT2D eigenvalue weighted by atomic mass is 10.2. The Bertz CT molecular complexity index is 640. The van der Waals surface area contributed by atoms with Crippen molar-refractivity contribution in [2.45, 2.75) is 4.90 Å². The number of rotatable bonds is 6. The minimum absolute atomic E-state index is 0.106. The van der Waals surface area contributed by atoms with Crippen LogP contribution in [-0.2, 0) is 0 Å². The van der Waals surface area contributed by atoms with Crippen LogP contribution >= 0.6 is 34.4 Å². The minimum atomic E-state index is -0.506. The van der Waals surface area contributed by atoms with Gasteiger partial charge in [-0.1, -0.05) is 18.2 Å². The fourth-order valence-electron chi connectivity index (χ4n) is 1.70. The summed E-state index contributed by atoms with van der Waals surface area (Å²) in [6.07, 6.45) is 0. The van der Waals surface area contributed by atoms with E-state index in [9.17, 15) is 14.5 Å². The smallest absolute Gasteiger partial charge is 0.293 e. The Morgan fingerprint density at radius 1 is 1.29 bits per heavy atom. The first-order chi connectivity index (χ1) is 10.1. The molecule has 0 spiro atoms. The van der Waals surface area contributed by atoms with Gasteiger partial charge in [-0.2, -0.15) is 0 Å². The number of thioether (sulfide) groups is 1. The molecule has 21 heavy (non-hydrogen) atoms. The molecule has 0 fully saturated rings. The van der Waals surface area contributed by atoms with E-state index in [2.05, 4.69) is 5.32 Å². The highest BCUT2D eigenvalue weighted by Gasteiger charge is 2.17. The van der Waals surface area contributed by atoms with Crippen molar-refractivity contribution in [2.75, 3.05) is 17.6 Å². The van der Waals surface area contributed by atoms with Gasteiger partial charge in [0, 0.05) is 29.3 Å². The first-order valence-electron chi connectivity index (χ1n) is 6.13. The van der Waals surface area contributed by atoms with Gasteiger partial charge in [0.15, 0.2) is 0 Å². The molecule has 0 aromatic heterocycles. The maximum atomic E-state index is 13.5. The molecule has 0 aliphatic carbocycles. The Labute approximate surface area is 139 Å². The van der Waals surface area contributed by atoms with Crippen LogP contribution in [-0.4, -0.2) is 17.2 Å². The van der Waals surface area contributed by atoms with Gasteiger partial charge >= 0.3 is 0 Å². The van der Waals surface area contributed by atoms with Gasteiger partial charge in [-0.3, -0.25) is 10.1 Å². The third-order valence-corrected chi connectivity index (χ3v) is 4.51. The number of anilines is 1. The zero-order chi connectivity index (χ0) is 15.2. The molecule has 0 amide bonds. The molecule has 2 rings (SSSR count). The summed E-state index contributed by atoms with van der Waals surface area (Å²) in [5.74, 6) is 0.272. The molecular weight excluding hydrogens is 406 g/mol. The number of nitrogens with zero attached hydrogens (tertiary/aromatic N) is 1. The van der Waals surface area contributed by atoms with Gasteiger partial charge in [-0.15, -0.1) is 11.8 Å². The second kappa shape index (κ2) is 7.60. The van der Waals surface area contributed by atoms with Crippen molar-refractivity contribution >= 4 is 45.7 Å². The molecule has 4 nitrogen and oxygen atoms in total. The van der Waals surface area contributed by atoms with E-state index in [0.717, 1.165) is 10.6 Å². The lowest BCUT2D eigenvalue weighted by Gasteiger charge is -2.08. The Balaban J connectivity index is 1.96. The zero-order valence-corrected chi connectivity index (χ0v) is 13.9. The summed E-state index contributed by atoms with van der Waals surface area (Å²) in [6, 6.07) is 12.3. The average molecular weight is 418 g/mol. The van der Waals surface area contributed by atoms with Crippen LogP contribution in [0.2, 0.25) is 0 Å². The number of hydrogen-bond acceptors (Lipinski definition) is 4. The molecule has 0 bridgehead atoms. The molecule has 2 aromatic rings. The van der Waals surface area contributed by atoms with Gasteiger partial charge in [0.2, 0.25) is 0 Å². The van der Waals surface area contributed by atoms with Crippen LogP contribution in [0, 0.1) is 19.5 Å². The van der Waals surface area contributed by atoms with E-state index in [0.29, 0.717) is 6.54 Å². The van der Waals surface area contributed by atoms with Crippen LogP contribution in [0.5, 0.6) is 0 Å². The Morgan fingerprint density at radius 2 is 2.00 bits per heavy atom. The molecule has 1 N–H and O–H groups in total. The first-order valence-corrected chi connectivity index (χ1v) is 8.19. The molecular formula is C14H12FIN2O2S. The van der Waals surface area contributed by atoms with Crippen LogP contribution in [0.4, 0.5) is 15.8 Å². The number of halogens is 2. The van der Waals surface area contributed by atoms with E-state index >= 15 is 0 Å². The van der Waals surface area contributed by atoms with Crippen molar-refractivity contribution in [2.24, 2.45) is 0 Å². The number of nitrogens with one attached hydrogen (secondary N) is 1.